The summed E-state index contributed by atoms with van der Waals surface area (Å²) in [5.74, 6) is -0.204. The second kappa shape index (κ2) is 8.50. The molecule has 1 atom stereocenters. The minimum absolute atomic E-state index is 0. The number of nitro benzene ring substituents is 1. The van der Waals surface area contributed by atoms with Gasteiger partial charge in [0, 0.05) is 30.6 Å². The molecule has 0 aliphatic heterocycles. The van der Waals surface area contributed by atoms with E-state index in [1.807, 2.05) is 6.92 Å². The molecule has 0 aromatic heterocycles. The molecule has 1 aromatic carbocycles. The number of hydrogen-bond acceptors (Lipinski definition) is 4. The van der Waals surface area contributed by atoms with Crippen LogP contribution in [-0.4, -0.2) is 24.4 Å². The molecule has 0 saturated heterocycles. The van der Waals surface area contributed by atoms with Crippen LogP contribution in [0.25, 0.3) is 0 Å². The maximum absolute atomic E-state index is 11.8. The highest BCUT2D eigenvalue weighted by Gasteiger charge is 2.15. The fraction of sp³-hybridized carbons (Fsp3) is 0.462. The van der Waals surface area contributed by atoms with E-state index < -0.39 is 4.92 Å². The predicted octanol–water partition coefficient (Wildman–Crippen LogP) is 1.80. The van der Waals surface area contributed by atoms with E-state index in [4.69, 9.17) is 0 Å². The molecule has 1 rings (SSSR count). The lowest BCUT2D eigenvalue weighted by molar-refractivity contribution is -0.385. The first-order valence-corrected chi connectivity index (χ1v) is 6.12. The summed E-state index contributed by atoms with van der Waals surface area (Å²) >= 11 is 0. The topological polar surface area (TPSA) is 84.3 Å². The third kappa shape index (κ3) is 4.79. The van der Waals surface area contributed by atoms with E-state index >= 15 is 0 Å². The number of rotatable bonds is 6. The van der Waals surface area contributed by atoms with Gasteiger partial charge in [-0.2, -0.15) is 0 Å². The predicted molar refractivity (Wildman–Crippen MR) is 80.0 cm³/mol. The van der Waals surface area contributed by atoms with E-state index in [0.29, 0.717) is 18.7 Å². The largest absolute Gasteiger partial charge is 0.352 e. The molecule has 0 aliphatic carbocycles. The molecule has 0 saturated carbocycles. The van der Waals surface area contributed by atoms with Crippen molar-refractivity contribution in [3.8, 4) is 0 Å². The number of halogens is 1. The van der Waals surface area contributed by atoms with Crippen LogP contribution in [0.4, 0.5) is 5.69 Å². The standard InChI is InChI=1S/C13H19N3O3.ClH/c1-9(7-14-3)13(17)15-8-11-5-4-6-12(10(11)2)16(18)19;/h4-6,9,14H,7-8H2,1-3H3,(H,15,17);1H. The van der Waals surface area contributed by atoms with Crippen molar-refractivity contribution in [3.05, 3.63) is 39.4 Å². The monoisotopic (exact) mass is 301 g/mol. The average Bonchev–Trinajstić information content (AvgIpc) is 2.37. The number of benzene rings is 1. The number of carbonyl (C=O) groups is 1. The molecule has 1 unspecified atom stereocenters. The minimum atomic E-state index is -0.412. The SMILES string of the molecule is CNCC(C)C(=O)NCc1cccc([N+](=O)[O-])c1C.Cl. The molecule has 2 N–H and O–H groups in total. The lowest BCUT2D eigenvalue weighted by Crippen LogP contribution is -2.34. The van der Waals surface area contributed by atoms with Gasteiger partial charge in [-0.3, -0.25) is 14.9 Å². The van der Waals surface area contributed by atoms with Gasteiger partial charge in [-0.25, -0.2) is 0 Å². The maximum Gasteiger partial charge on any atom is 0.272 e. The second-order valence-corrected chi connectivity index (χ2v) is 4.49. The van der Waals surface area contributed by atoms with Crippen molar-refractivity contribution in [1.82, 2.24) is 10.6 Å². The second-order valence-electron chi connectivity index (χ2n) is 4.49. The highest BCUT2D eigenvalue weighted by Crippen LogP contribution is 2.20. The zero-order valence-electron chi connectivity index (χ0n) is 11.8. The van der Waals surface area contributed by atoms with Crippen LogP contribution in [0.2, 0.25) is 0 Å². The van der Waals surface area contributed by atoms with E-state index in [9.17, 15) is 14.9 Å². The molecule has 0 bridgehead atoms. The fourth-order valence-corrected chi connectivity index (χ4v) is 1.81. The van der Waals surface area contributed by atoms with Crippen molar-refractivity contribution >= 4 is 24.0 Å². The zero-order valence-corrected chi connectivity index (χ0v) is 12.6. The van der Waals surface area contributed by atoms with Gasteiger partial charge in [0.2, 0.25) is 5.91 Å². The lowest BCUT2D eigenvalue weighted by atomic mass is 10.1. The van der Waals surface area contributed by atoms with Gasteiger partial charge >= 0.3 is 0 Å². The maximum atomic E-state index is 11.8. The van der Waals surface area contributed by atoms with E-state index in [2.05, 4.69) is 10.6 Å². The van der Waals surface area contributed by atoms with Crippen LogP contribution < -0.4 is 10.6 Å². The molecule has 7 heteroatoms. The first-order chi connectivity index (χ1) is 8.97. The Bertz CT molecular complexity index is 480. The fourth-order valence-electron chi connectivity index (χ4n) is 1.81. The van der Waals surface area contributed by atoms with Crippen molar-refractivity contribution in [2.45, 2.75) is 20.4 Å². The molecule has 0 spiro atoms. The summed E-state index contributed by atoms with van der Waals surface area (Å²) < 4.78 is 0. The summed E-state index contributed by atoms with van der Waals surface area (Å²) in [4.78, 5) is 22.2. The molecule has 0 fully saturated rings. The van der Waals surface area contributed by atoms with Crippen molar-refractivity contribution < 1.29 is 9.72 Å². The van der Waals surface area contributed by atoms with Gasteiger partial charge in [-0.15, -0.1) is 12.4 Å². The van der Waals surface area contributed by atoms with Gasteiger partial charge in [-0.05, 0) is 19.5 Å². The molecule has 0 aliphatic rings. The third-order valence-corrected chi connectivity index (χ3v) is 3.03. The first kappa shape index (κ1) is 18.3. The third-order valence-electron chi connectivity index (χ3n) is 3.03. The molecule has 0 heterocycles. The van der Waals surface area contributed by atoms with Crippen LogP contribution in [0.15, 0.2) is 18.2 Å². The van der Waals surface area contributed by atoms with Crippen molar-refractivity contribution in [2.75, 3.05) is 13.6 Å². The molecule has 20 heavy (non-hydrogen) atoms. The van der Waals surface area contributed by atoms with Crippen LogP contribution in [-0.2, 0) is 11.3 Å². The van der Waals surface area contributed by atoms with Gasteiger partial charge in [0.1, 0.15) is 0 Å². The number of nitro groups is 1. The number of carbonyl (C=O) groups excluding carboxylic acids is 1. The Morgan fingerprint density at radius 2 is 2.10 bits per heavy atom. The molecule has 1 amide bonds. The molecule has 0 radical (unpaired) electrons. The van der Waals surface area contributed by atoms with Crippen LogP contribution in [0.3, 0.4) is 0 Å². The van der Waals surface area contributed by atoms with Crippen LogP contribution in [0.1, 0.15) is 18.1 Å². The van der Waals surface area contributed by atoms with E-state index in [0.717, 1.165) is 5.56 Å². The Morgan fingerprint density at radius 3 is 2.65 bits per heavy atom. The molecule has 6 nitrogen and oxygen atoms in total. The van der Waals surface area contributed by atoms with Crippen LogP contribution in [0, 0.1) is 23.0 Å². The van der Waals surface area contributed by atoms with E-state index in [1.165, 1.54) is 6.07 Å². The molecule has 112 valence electrons. The number of amides is 1. The number of hydrogen-bond donors (Lipinski definition) is 2. The number of nitrogens with zero attached hydrogens (tertiary/aromatic N) is 1. The Morgan fingerprint density at radius 1 is 1.45 bits per heavy atom. The van der Waals surface area contributed by atoms with Gasteiger partial charge in [0.05, 0.1) is 4.92 Å². The Labute approximate surface area is 124 Å². The van der Waals surface area contributed by atoms with Crippen molar-refractivity contribution in [1.29, 1.82) is 0 Å². The summed E-state index contributed by atoms with van der Waals surface area (Å²) in [7, 11) is 1.79. The molecular formula is C13H20ClN3O3. The first-order valence-electron chi connectivity index (χ1n) is 6.12. The summed E-state index contributed by atoms with van der Waals surface area (Å²) in [5.41, 5.74) is 1.43. The summed E-state index contributed by atoms with van der Waals surface area (Å²) in [6.07, 6.45) is 0. The highest BCUT2D eigenvalue weighted by atomic mass is 35.5. The van der Waals surface area contributed by atoms with Gasteiger partial charge in [0.15, 0.2) is 0 Å². The van der Waals surface area contributed by atoms with Gasteiger partial charge in [-0.1, -0.05) is 19.1 Å². The number of nitrogens with one attached hydrogen (secondary N) is 2. The van der Waals surface area contributed by atoms with Crippen LogP contribution in [0.5, 0.6) is 0 Å². The van der Waals surface area contributed by atoms with Gasteiger partial charge < -0.3 is 10.6 Å². The van der Waals surface area contributed by atoms with Crippen LogP contribution >= 0.6 is 12.4 Å². The normalized spacial score (nSPS) is 11.3. The summed E-state index contributed by atoms with van der Waals surface area (Å²) in [5, 5.41) is 16.5. The quantitative estimate of drug-likeness (QED) is 0.620. The molecule has 1 aromatic rings. The Balaban J connectivity index is 0.00000361. The minimum Gasteiger partial charge on any atom is -0.352 e. The lowest BCUT2D eigenvalue weighted by Gasteiger charge is -2.12. The van der Waals surface area contributed by atoms with Crippen molar-refractivity contribution in [3.63, 3.8) is 0 Å². The smallest absolute Gasteiger partial charge is 0.272 e. The Hall–Kier alpha value is -1.66. The van der Waals surface area contributed by atoms with E-state index in [1.54, 1.807) is 26.1 Å². The highest BCUT2D eigenvalue weighted by molar-refractivity contribution is 5.85. The molecular weight excluding hydrogens is 282 g/mol. The van der Waals surface area contributed by atoms with E-state index in [-0.39, 0.29) is 29.9 Å². The zero-order chi connectivity index (χ0) is 14.4. The Kier molecular flexibility index (Phi) is 7.79. The average molecular weight is 302 g/mol. The van der Waals surface area contributed by atoms with Crippen molar-refractivity contribution in [2.24, 2.45) is 5.92 Å². The summed E-state index contributed by atoms with van der Waals surface area (Å²) in [6.45, 7) is 4.42. The van der Waals surface area contributed by atoms with Gasteiger partial charge in [0.25, 0.3) is 5.69 Å². The summed E-state index contributed by atoms with van der Waals surface area (Å²) in [6, 6.07) is 4.87.